The van der Waals surface area contributed by atoms with Gasteiger partial charge in [-0.1, -0.05) is 12.1 Å². The maximum Gasteiger partial charge on any atom is 0.376 e. The number of rotatable bonds is 2. The van der Waals surface area contributed by atoms with Crippen molar-refractivity contribution >= 4 is 28.6 Å². The predicted octanol–water partition coefficient (Wildman–Crippen LogP) is 1.52. The maximum atomic E-state index is 11.5. The van der Waals surface area contributed by atoms with Crippen LogP contribution in [-0.4, -0.2) is 19.0 Å². The number of carbonyl (C=O) groups excluding carboxylic acids is 1. The van der Waals surface area contributed by atoms with Crippen LogP contribution in [0.15, 0.2) is 28.7 Å². The Morgan fingerprint density at radius 3 is 2.82 bits per heavy atom. The molecule has 0 saturated heterocycles. The molecule has 0 bridgehead atoms. The van der Waals surface area contributed by atoms with Crippen LogP contribution in [0.25, 0.3) is 11.0 Å². The lowest BCUT2D eigenvalue weighted by molar-refractivity contribution is 0.0569. The van der Waals surface area contributed by atoms with E-state index in [4.69, 9.17) is 15.6 Å². The first kappa shape index (κ1) is 11.0. The van der Waals surface area contributed by atoms with E-state index in [1.807, 2.05) is 0 Å². The Hall–Kier alpha value is -2.50. The number of esters is 1. The van der Waals surface area contributed by atoms with Gasteiger partial charge in [-0.25, -0.2) is 4.79 Å². The summed E-state index contributed by atoms with van der Waals surface area (Å²) >= 11 is 0. The Morgan fingerprint density at radius 2 is 2.18 bits per heavy atom. The molecule has 6 nitrogen and oxygen atoms in total. The van der Waals surface area contributed by atoms with E-state index in [1.54, 1.807) is 24.3 Å². The van der Waals surface area contributed by atoms with Crippen molar-refractivity contribution in [2.24, 2.45) is 5.73 Å². The Morgan fingerprint density at radius 1 is 1.47 bits per heavy atom. The second-order valence-electron chi connectivity index (χ2n) is 3.33. The van der Waals surface area contributed by atoms with E-state index in [0.717, 1.165) is 0 Å². The molecule has 1 heterocycles. The number of methoxy groups -OCH3 is 1. The third-order valence-electron chi connectivity index (χ3n) is 2.23. The van der Waals surface area contributed by atoms with Crippen molar-refractivity contribution in [3.05, 3.63) is 30.0 Å². The molecule has 0 aliphatic carbocycles. The largest absolute Gasteiger partial charge is 0.463 e. The summed E-state index contributed by atoms with van der Waals surface area (Å²) in [6.45, 7) is 0. The molecule has 17 heavy (non-hydrogen) atoms. The summed E-state index contributed by atoms with van der Waals surface area (Å²) in [6.07, 6.45) is 0. The first-order valence-corrected chi connectivity index (χ1v) is 4.84. The molecule has 0 unspecified atom stereocenters. The van der Waals surface area contributed by atoms with E-state index in [-0.39, 0.29) is 11.7 Å². The van der Waals surface area contributed by atoms with Crippen molar-refractivity contribution in [1.82, 2.24) is 0 Å². The van der Waals surface area contributed by atoms with Crippen LogP contribution < -0.4 is 11.1 Å². The maximum absolute atomic E-state index is 11.5. The summed E-state index contributed by atoms with van der Waals surface area (Å²) < 4.78 is 9.97. The minimum Gasteiger partial charge on any atom is -0.463 e. The summed E-state index contributed by atoms with van der Waals surface area (Å²) in [5.41, 5.74) is 6.14. The van der Waals surface area contributed by atoms with Crippen LogP contribution in [0.2, 0.25) is 0 Å². The molecule has 4 N–H and O–H groups in total. The van der Waals surface area contributed by atoms with Gasteiger partial charge in [0.1, 0.15) is 11.3 Å². The second kappa shape index (κ2) is 4.17. The highest BCUT2D eigenvalue weighted by Crippen LogP contribution is 2.30. The molecule has 2 rings (SSSR count). The highest BCUT2D eigenvalue weighted by molar-refractivity contribution is 6.09. The lowest BCUT2D eigenvalue weighted by atomic mass is 10.2. The van der Waals surface area contributed by atoms with Crippen molar-refractivity contribution in [3.8, 4) is 0 Å². The molecule has 88 valence electrons. The topological polar surface area (TPSA) is 101 Å². The van der Waals surface area contributed by atoms with Gasteiger partial charge in [0, 0.05) is 5.39 Å². The van der Waals surface area contributed by atoms with Crippen molar-refractivity contribution in [2.45, 2.75) is 0 Å². The Labute approximate surface area is 96.9 Å². The molecule has 0 amide bonds. The molecular formula is C11H11N3O3. The van der Waals surface area contributed by atoms with E-state index in [2.05, 4.69) is 10.1 Å². The number of anilines is 1. The lowest BCUT2D eigenvalue weighted by Gasteiger charge is -2.03. The summed E-state index contributed by atoms with van der Waals surface area (Å²) in [5.74, 6) is -0.893. The Bertz CT molecular complexity index is 589. The monoisotopic (exact) mass is 233 g/mol. The van der Waals surface area contributed by atoms with E-state index >= 15 is 0 Å². The van der Waals surface area contributed by atoms with Gasteiger partial charge in [0.15, 0.2) is 5.96 Å². The molecule has 0 saturated carbocycles. The van der Waals surface area contributed by atoms with Gasteiger partial charge >= 0.3 is 5.97 Å². The molecule has 6 heteroatoms. The van der Waals surface area contributed by atoms with E-state index in [1.165, 1.54) is 7.11 Å². The van der Waals surface area contributed by atoms with Gasteiger partial charge in [-0.05, 0) is 12.1 Å². The van der Waals surface area contributed by atoms with Crippen LogP contribution in [0.5, 0.6) is 0 Å². The first-order valence-electron chi connectivity index (χ1n) is 4.84. The van der Waals surface area contributed by atoms with Crippen LogP contribution in [-0.2, 0) is 4.74 Å². The van der Waals surface area contributed by atoms with Gasteiger partial charge in [-0.2, -0.15) is 0 Å². The fraction of sp³-hybridized carbons (Fsp3) is 0.0909. The number of para-hydroxylation sites is 1. The number of fused-ring (bicyclic) bond motifs is 1. The molecule has 2 aromatic rings. The molecule has 0 aliphatic rings. The van der Waals surface area contributed by atoms with E-state index in [0.29, 0.717) is 16.7 Å². The molecule has 0 atom stereocenters. The quantitative estimate of drug-likeness (QED) is 0.414. The smallest absolute Gasteiger partial charge is 0.376 e. The number of nitrogens with one attached hydrogen (secondary N) is 2. The molecule has 0 spiro atoms. The van der Waals surface area contributed by atoms with E-state index in [9.17, 15) is 4.79 Å². The van der Waals surface area contributed by atoms with Crippen LogP contribution >= 0.6 is 0 Å². The highest BCUT2D eigenvalue weighted by atomic mass is 16.5. The zero-order valence-corrected chi connectivity index (χ0v) is 9.11. The van der Waals surface area contributed by atoms with Crippen LogP contribution in [0.1, 0.15) is 10.6 Å². The van der Waals surface area contributed by atoms with Crippen molar-refractivity contribution in [1.29, 1.82) is 5.41 Å². The zero-order valence-electron chi connectivity index (χ0n) is 9.11. The van der Waals surface area contributed by atoms with Gasteiger partial charge in [0.25, 0.3) is 0 Å². The summed E-state index contributed by atoms with van der Waals surface area (Å²) in [6, 6.07) is 7.05. The SMILES string of the molecule is COC(=O)c1oc2ccccc2c1NC(=N)N. The average Bonchev–Trinajstić information content (AvgIpc) is 2.67. The van der Waals surface area contributed by atoms with Crippen molar-refractivity contribution in [3.63, 3.8) is 0 Å². The average molecular weight is 233 g/mol. The van der Waals surface area contributed by atoms with E-state index < -0.39 is 5.97 Å². The molecule has 1 aromatic carbocycles. The number of ether oxygens (including phenoxy) is 1. The number of furan rings is 1. The fourth-order valence-electron chi connectivity index (χ4n) is 1.54. The minimum atomic E-state index is -0.620. The van der Waals surface area contributed by atoms with Crippen molar-refractivity contribution in [2.75, 3.05) is 12.4 Å². The van der Waals surface area contributed by atoms with Crippen LogP contribution in [0.3, 0.4) is 0 Å². The van der Waals surface area contributed by atoms with Crippen LogP contribution in [0.4, 0.5) is 5.69 Å². The number of hydrogen-bond donors (Lipinski definition) is 3. The normalized spacial score (nSPS) is 10.2. The third kappa shape index (κ3) is 1.92. The van der Waals surface area contributed by atoms with Gasteiger partial charge < -0.3 is 20.2 Å². The molecule has 0 fully saturated rings. The van der Waals surface area contributed by atoms with Gasteiger partial charge in [-0.3, -0.25) is 5.41 Å². The zero-order chi connectivity index (χ0) is 12.4. The summed E-state index contributed by atoms with van der Waals surface area (Å²) in [7, 11) is 1.26. The number of guanidine groups is 1. The van der Waals surface area contributed by atoms with Crippen molar-refractivity contribution < 1.29 is 13.9 Å². The standard InChI is InChI=1S/C11H11N3O3/c1-16-10(15)9-8(14-11(12)13)6-4-2-3-5-7(6)17-9/h2-5H,1H3,(H4,12,13,14). The fourth-order valence-corrected chi connectivity index (χ4v) is 1.54. The van der Waals surface area contributed by atoms with Crippen LogP contribution in [0, 0.1) is 5.41 Å². The lowest BCUT2D eigenvalue weighted by Crippen LogP contribution is -2.21. The molecular weight excluding hydrogens is 222 g/mol. The number of hydrogen-bond acceptors (Lipinski definition) is 4. The second-order valence-corrected chi connectivity index (χ2v) is 3.33. The summed E-state index contributed by atoms with van der Waals surface area (Å²) in [5, 5.41) is 10.5. The van der Waals surface area contributed by atoms with Gasteiger partial charge in [0.2, 0.25) is 5.76 Å². The Balaban J connectivity index is 2.64. The number of benzene rings is 1. The molecule has 0 radical (unpaired) electrons. The Kier molecular flexibility index (Phi) is 2.70. The van der Waals surface area contributed by atoms with Gasteiger partial charge in [-0.15, -0.1) is 0 Å². The first-order chi connectivity index (χ1) is 8.13. The highest BCUT2D eigenvalue weighted by Gasteiger charge is 2.21. The number of nitrogens with two attached hydrogens (primary N) is 1. The minimum absolute atomic E-state index is 0.00361. The summed E-state index contributed by atoms with van der Waals surface area (Å²) in [4.78, 5) is 11.5. The molecule has 1 aromatic heterocycles. The number of carbonyl (C=O) groups is 1. The third-order valence-corrected chi connectivity index (χ3v) is 2.23. The predicted molar refractivity (Wildman–Crippen MR) is 63.1 cm³/mol. The van der Waals surface area contributed by atoms with Gasteiger partial charge in [0.05, 0.1) is 7.11 Å². The molecule has 0 aliphatic heterocycles.